The summed E-state index contributed by atoms with van der Waals surface area (Å²) in [6.07, 6.45) is 0. The molecule has 0 aromatic heterocycles. The fourth-order valence-electron chi connectivity index (χ4n) is 0.415. The number of rotatable bonds is 1. The fourth-order valence-corrected chi connectivity index (χ4v) is 0.873. The van der Waals surface area contributed by atoms with Gasteiger partial charge in [-0.05, 0) is 11.9 Å². The van der Waals surface area contributed by atoms with Gasteiger partial charge < -0.3 is 0 Å². The molecule has 0 aromatic rings. The zero-order valence-corrected chi connectivity index (χ0v) is 7.40. The first-order valence-electron chi connectivity index (χ1n) is 2.93. The molecule has 3 nitrogen and oxygen atoms in total. The lowest BCUT2D eigenvalue weighted by atomic mass is 9.99. The molecule has 0 heterocycles. The van der Waals surface area contributed by atoms with Crippen LogP contribution in [-0.2, 0) is 0 Å². The molecular formula is C6H13N3S. The third kappa shape index (κ3) is 2.98. The van der Waals surface area contributed by atoms with E-state index in [-0.39, 0.29) is 5.41 Å². The maximum Gasteiger partial charge on any atom is 0.116 e. The molecule has 10 heavy (non-hydrogen) atoms. The van der Waals surface area contributed by atoms with Crippen LogP contribution in [0.2, 0.25) is 0 Å². The molecule has 0 radical (unpaired) electrons. The predicted molar refractivity (Wildman–Crippen MR) is 48.2 cm³/mol. The molecule has 0 aliphatic rings. The van der Waals surface area contributed by atoms with Gasteiger partial charge in [0.1, 0.15) is 5.04 Å². The average molecular weight is 159 g/mol. The first kappa shape index (κ1) is 9.65. The van der Waals surface area contributed by atoms with Crippen molar-refractivity contribution in [1.29, 1.82) is 0 Å². The third-order valence-corrected chi connectivity index (χ3v) is 1.83. The maximum atomic E-state index is 5.34. The smallest absolute Gasteiger partial charge is 0.116 e. The van der Waals surface area contributed by atoms with E-state index in [0.717, 1.165) is 17.0 Å². The lowest BCUT2D eigenvalue weighted by Crippen LogP contribution is -2.18. The van der Waals surface area contributed by atoms with Crippen LogP contribution in [-0.4, -0.2) is 11.8 Å². The maximum absolute atomic E-state index is 5.34. The second-order valence-corrected chi connectivity index (χ2v) is 3.54. The molecule has 0 saturated carbocycles. The highest BCUT2D eigenvalue weighted by Crippen LogP contribution is 2.21. The van der Waals surface area contributed by atoms with E-state index in [1.54, 1.807) is 0 Å². The molecule has 0 bridgehead atoms. The summed E-state index contributed by atoms with van der Waals surface area (Å²) in [5.41, 5.74) is -0.0272. The molecule has 0 aromatic carbocycles. The summed E-state index contributed by atoms with van der Waals surface area (Å²) < 4.78 is 0. The summed E-state index contributed by atoms with van der Waals surface area (Å²) in [4.78, 5) is 0. The van der Waals surface area contributed by atoms with E-state index in [0.29, 0.717) is 0 Å². The van der Waals surface area contributed by atoms with Gasteiger partial charge in [-0.3, -0.25) is 5.14 Å². The normalized spacial score (nSPS) is 13.4. The van der Waals surface area contributed by atoms with E-state index >= 15 is 0 Å². The van der Waals surface area contributed by atoms with Crippen molar-refractivity contribution < 1.29 is 0 Å². The van der Waals surface area contributed by atoms with Crippen molar-refractivity contribution in [2.45, 2.75) is 20.8 Å². The molecular weight excluding hydrogens is 146 g/mol. The molecule has 0 aliphatic heterocycles. The first-order chi connectivity index (χ1) is 4.52. The van der Waals surface area contributed by atoms with E-state index in [1.165, 1.54) is 0 Å². The Bertz CT molecular complexity index is 146. The Morgan fingerprint density at radius 3 is 2.10 bits per heavy atom. The highest BCUT2D eigenvalue weighted by atomic mass is 32.2. The van der Waals surface area contributed by atoms with Gasteiger partial charge >= 0.3 is 0 Å². The monoisotopic (exact) mass is 159 g/mol. The van der Waals surface area contributed by atoms with Gasteiger partial charge in [-0.25, -0.2) is 0 Å². The van der Waals surface area contributed by atoms with Gasteiger partial charge in [-0.1, -0.05) is 20.8 Å². The minimum Gasteiger partial charge on any atom is -0.272 e. The average Bonchev–Trinajstić information content (AvgIpc) is 1.80. The summed E-state index contributed by atoms with van der Waals surface area (Å²) in [5.74, 6) is 0. The largest absolute Gasteiger partial charge is 0.272 e. The van der Waals surface area contributed by atoms with Crippen LogP contribution in [0.25, 0.3) is 0 Å². The van der Waals surface area contributed by atoms with Crippen molar-refractivity contribution in [1.82, 2.24) is 0 Å². The minimum absolute atomic E-state index is 0.0272. The van der Waals surface area contributed by atoms with E-state index in [1.807, 2.05) is 20.8 Å². The summed E-state index contributed by atoms with van der Waals surface area (Å²) in [6, 6.07) is 0. The van der Waals surface area contributed by atoms with Crippen molar-refractivity contribution in [2.75, 3.05) is 0 Å². The molecule has 58 valence electrons. The van der Waals surface area contributed by atoms with Gasteiger partial charge in [0.2, 0.25) is 0 Å². The zero-order chi connectivity index (χ0) is 8.20. The summed E-state index contributed by atoms with van der Waals surface area (Å²) in [5, 5.41) is 13.3. The Labute approximate surface area is 65.9 Å². The van der Waals surface area contributed by atoms with Crippen LogP contribution in [0.4, 0.5) is 0 Å². The van der Waals surface area contributed by atoms with E-state index in [4.69, 9.17) is 5.14 Å². The molecule has 0 spiro atoms. The number of hydrogen-bond donors (Lipinski definition) is 1. The molecule has 0 aliphatic carbocycles. The summed E-state index contributed by atoms with van der Waals surface area (Å²) >= 11 is 1.12. The van der Waals surface area contributed by atoms with E-state index in [2.05, 4.69) is 16.9 Å². The van der Waals surface area contributed by atoms with Crippen molar-refractivity contribution in [3.05, 3.63) is 0 Å². The van der Waals surface area contributed by atoms with Gasteiger partial charge in [0.05, 0.1) is 0 Å². The zero-order valence-electron chi connectivity index (χ0n) is 6.59. The van der Waals surface area contributed by atoms with Crippen molar-refractivity contribution in [3.8, 4) is 0 Å². The van der Waals surface area contributed by atoms with E-state index < -0.39 is 0 Å². The Morgan fingerprint density at radius 1 is 1.50 bits per heavy atom. The van der Waals surface area contributed by atoms with Gasteiger partial charge in [0.15, 0.2) is 0 Å². The van der Waals surface area contributed by atoms with Crippen LogP contribution in [0.1, 0.15) is 20.8 Å². The van der Waals surface area contributed by atoms with Crippen molar-refractivity contribution in [2.24, 2.45) is 20.8 Å². The molecule has 0 rings (SSSR count). The highest BCUT2D eigenvalue weighted by molar-refractivity contribution is 8.12. The number of nitrogens with zero attached hydrogens (tertiary/aromatic N) is 2. The minimum atomic E-state index is -0.0272. The van der Waals surface area contributed by atoms with Gasteiger partial charge in [-0.15, -0.1) is 5.10 Å². The van der Waals surface area contributed by atoms with Gasteiger partial charge in [-0.2, -0.15) is 5.10 Å². The molecule has 4 heteroatoms. The van der Waals surface area contributed by atoms with Crippen LogP contribution in [0.3, 0.4) is 0 Å². The number of nitrogens with two attached hydrogens (primary N) is 1. The van der Waals surface area contributed by atoms with E-state index in [9.17, 15) is 0 Å². The highest BCUT2D eigenvalue weighted by Gasteiger charge is 2.18. The Morgan fingerprint density at radius 2 is 2.00 bits per heavy atom. The molecule has 0 atom stereocenters. The molecule has 2 N–H and O–H groups in total. The van der Waals surface area contributed by atoms with Gasteiger partial charge in [0, 0.05) is 12.1 Å². The summed E-state index contributed by atoms with van der Waals surface area (Å²) in [6.45, 7) is 9.33. The first-order valence-corrected chi connectivity index (χ1v) is 3.81. The molecule has 0 unspecified atom stereocenters. The second-order valence-electron chi connectivity index (χ2n) is 2.91. The van der Waals surface area contributed by atoms with Crippen LogP contribution in [0.5, 0.6) is 0 Å². The third-order valence-electron chi connectivity index (χ3n) is 0.915. The second kappa shape index (κ2) is 3.73. The SMILES string of the molecule is C=N/N=C(\SN)C(C)(C)C. The van der Waals surface area contributed by atoms with Crippen molar-refractivity contribution >= 4 is 23.7 Å². The van der Waals surface area contributed by atoms with Crippen molar-refractivity contribution in [3.63, 3.8) is 0 Å². The lowest BCUT2D eigenvalue weighted by Gasteiger charge is -2.16. The van der Waals surface area contributed by atoms with Gasteiger partial charge in [0.25, 0.3) is 0 Å². The lowest BCUT2D eigenvalue weighted by molar-refractivity contribution is 0.600. The molecule has 0 fully saturated rings. The number of hydrogen-bond acceptors (Lipinski definition) is 4. The fraction of sp³-hybridized carbons (Fsp3) is 0.667. The van der Waals surface area contributed by atoms with Crippen LogP contribution < -0.4 is 5.14 Å². The van der Waals surface area contributed by atoms with Crippen LogP contribution in [0, 0.1) is 5.41 Å². The Hall–Kier alpha value is -0.350. The predicted octanol–water partition coefficient (Wildman–Crippen LogP) is 1.65. The van der Waals surface area contributed by atoms with Crippen LogP contribution in [0.15, 0.2) is 10.2 Å². The topological polar surface area (TPSA) is 50.7 Å². The molecule has 0 amide bonds. The van der Waals surface area contributed by atoms with Crippen LogP contribution >= 0.6 is 11.9 Å². The Balaban J connectivity index is 4.35. The molecule has 0 saturated heterocycles. The summed E-state index contributed by atoms with van der Waals surface area (Å²) in [7, 11) is 0. The standard InChI is InChI=1S/C6H13N3S/c1-6(2,3)5(10-7)9-8-4/h4,7H2,1-3H3/b9-5-. The quantitative estimate of drug-likeness (QED) is 0.274. The Kier molecular flexibility index (Phi) is 3.60.